The smallest absolute Gasteiger partial charge is 0.242 e. The first-order valence-corrected chi connectivity index (χ1v) is 10.1. The number of sulfone groups is 1. The van der Waals surface area contributed by atoms with Crippen molar-refractivity contribution in [3.63, 3.8) is 0 Å². The van der Waals surface area contributed by atoms with Crippen LogP contribution in [0.4, 0.5) is 5.69 Å². The van der Waals surface area contributed by atoms with E-state index in [1.807, 2.05) is 24.3 Å². The van der Waals surface area contributed by atoms with E-state index in [9.17, 15) is 13.2 Å². The van der Waals surface area contributed by atoms with E-state index < -0.39 is 21.0 Å². The summed E-state index contributed by atoms with van der Waals surface area (Å²) in [4.78, 5) is 14.4. The zero-order valence-corrected chi connectivity index (χ0v) is 14.9. The number of amides is 1. The van der Waals surface area contributed by atoms with E-state index in [-0.39, 0.29) is 0 Å². The van der Waals surface area contributed by atoms with Gasteiger partial charge in [0.05, 0.1) is 0 Å². The number of rotatable bonds is 5. The number of nitrogens with one attached hydrogen (secondary N) is 1. The van der Waals surface area contributed by atoms with Gasteiger partial charge in [0, 0.05) is 24.5 Å². The lowest BCUT2D eigenvalue weighted by atomic mass is 10.0. The number of nitrogens with zero attached hydrogens (tertiary/aromatic N) is 1. The van der Waals surface area contributed by atoms with Crippen LogP contribution in [-0.4, -0.2) is 43.3 Å². The van der Waals surface area contributed by atoms with Gasteiger partial charge in [0.15, 0.2) is 9.84 Å². The summed E-state index contributed by atoms with van der Waals surface area (Å²) >= 11 is 0. The van der Waals surface area contributed by atoms with E-state index >= 15 is 0 Å². The molecule has 0 aromatic heterocycles. The normalized spacial score (nSPS) is 20.9. The molecule has 23 heavy (non-hydrogen) atoms. The van der Waals surface area contributed by atoms with Crippen LogP contribution < -0.4 is 5.32 Å². The number of carbonyl (C=O) groups is 1. The molecule has 1 saturated heterocycles. The fraction of sp³-hybridized carbons (Fsp3) is 0.588. The minimum Gasteiger partial charge on any atom is -0.325 e. The summed E-state index contributed by atoms with van der Waals surface area (Å²) in [5.41, 5.74) is 1.83. The van der Waals surface area contributed by atoms with Crippen LogP contribution in [0.3, 0.4) is 0 Å². The van der Waals surface area contributed by atoms with Crippen LogP contribution in [-0.2, 0) is 21.2 Å². The molecule has 6 heteroatoms. The molecule has 128 valence electrons. The highest BCUT2D eigenvalue weighted by molar-refractivity contribution is 7.92. The quantitative estimate of drug-likeness (QED) is 0.895. The van der Waals surface area contributed by atoms with Gasteiger partial charge in [-0.2, -0.15) is 0 Å². The molecule has 0 unspecified atom stereocenters. The average Bonchev–Trinajstić information content (AvgIpc) is 2.49. The number of likely N-dealkylation sites (tertiary alicyclic amines) is 1. The molecular formula is C17H26N2O3S. The summed E-state index contributed by atoms with van der Waals surface area (Å²) in [6.07, 6.45) is 4.88. The standard InChI is InChI=1S/C17H26N2O3S/c1-13-6-4-5-11-19(13)12-15-7-9-16(10-8-15)18-17(20)14(2)23(3,21)22/h7-10,13-14H,4-6,11-12H2,1-3H3,(H,18,20)/t13-,14-/m1/s1. The fourth-order valence-corrected chi connectivity index (χ4v) is 3.21. The Kier molecular flexibility index (Phi) is 5.81. The topological polar surface area (TPSA) is 66.5 Å². The van der Waals surface area contributed by atoms with Crippen molar-refractivity contribution in [3.8, 4) is 0 Å². The lowest BCUT2D eigenvalue weighted by molar-refractivity contribution is -0.115. The van der Waals surface area contributed by atoms with Crippen molar-refractivity contribution in [2.45, 2.75) is 50.9 Å². The highest BCUT2D eigenvalue weighted by Gasteiger charge is 2.23. The monoisotopic (exact) mass is 338 g/mol. The van der Waals surface area contributed by atoms with Gasteiger partial charge in [0.2, 0.25) is 5.91 Å². The minimum atomic E-state index is -3.37. The van der Waals surface area contributed by atoms with Crippen molar-refractivity contribution in [2.75, 3.05) is 18.1 Å². The Morgan fingerprint density at radius 2 is 1.96 bits per heavy atom. The van der Waals surface area contributed by atoms with Crippen molar-refractivity contribution in [3.05, 3.63) is 29.8 Å². The van der Waals surface area contributed by atoms with Crippen molar-refractivity contribution >= 4 is 21.4 Å². The van der Waals surface area contributed by atoms with Crippen LogP contribution in [0.15, 0.2) is 24.3 Å². The van der Waals surface area contributed by atoms with Crippen molar-refractivity contribution in [2.24, 2.45) is 0 Å². The van der Waals surface area contributed by atoms with Gasteiger partial charge in [0.1, 0.15) is 5.25 Å². The molecule has 1 N–H and O–H groups in total. The number of hydrogen-bond donors (Lipinski definition) is 1. The predicted molar refractivity (Wildman–Crippen MR) is 93.1 cm³/mol. The third kappa shape index (κ3) is 5.04. The average molecular weight is 338 g/mol. The largest absolute Gasteiger partial charge is 0.325 e. The van der Waals surface area contributed by atoms with Gasteiger partial charge in [-0.05, 0) is 50.9 Å². The highest BCUT2D eigenvalue weighted by atomic mass is 32.2. The Balaban J connectivity index is 1.95. The molecule has 0 saturated carbocycles. The van der Waals surface area contributed by atoms with Crippen LogP contribution in [0, 0.1) is 0 Å². The predicted octanol–water partition coefficient (Wildman–Crippen LogP) is 2.43. The molecule has 1 aromatic rings. The van der Waals surface area contributed by atoms with Crippen molar-refractivity contribution < 1.29 is 13.2 Å². The van der Waals surface area contributed by atoms with Crippen molar-refractivity contribution in [1.29, 1.82) is 0 Å². The lowest BCUT2D eigenvalue weighted by Crippen LogP contribution is -2.36. The summed E-state index contributed by atoms with van der Waals surface area (Å²) in [5.74, 6) is -0.495. The Labute approximate surface area is 139 Å². The summed E-state index contributed by atoms with van der Waals surface area (Å²) in [5, 5.41) is 1.61. The van der Waals surface area contributed by atoms with Crippen LogP contribution in [0.25, 0.3) is 0 Å². The van der Waals surface area contributed by atoms with Gasteiger partial charge in [-0.25, -0.2) is 8.42 Å². The molecule has 1 amide bonds. The molecule has 0 aliphatic carbocycles. The minimum absolute atomic E-state index is 0.495. The number of anilines is 1. The second-order valence-corrected chi connectivity index (χ2v) is 8.84. The van der Waals surface area contributed by atoms with E-state index in [0.717, 1.165) is 19.3 Å². The summed E-state index contributed by atoms with van der Waals surface area (Å²) in [7, 11) is -3.37. The molecule has 2 rings (SSSR count). The molecule has 1 heterocycles. The zero-order valence-electron chi connectivity index (χ0n) is 14.1. The maximum absolute atomic E-state index is 11.9. The molecule has 0 spiro atoms. The number of piperidine rings is 1. The lowest BCUT2D eigenvalue weighted by Gasteiger charge is -2.33. The number of benzene rings is 1. The highest BCUT2D eigenvalue weighted by Crippen LogP contribution is 2.20. The van der Waals surface area contributed by atoms with Gasteiger partial charge >= 0.3 is 0 Å². The molecule has 1 aromatic carbocycles. The molecule has 1 fully saturated rings. The van der Waals surface area contributed by atoms with Crippen LogP contribution in [0.5, 0.6) is 0 Å². The Morgan fingerprint density at radius 3 is 2.52 bits per heavy atom. The Morgan fingerprint density at radius 1 is 1.30 bits per heavy atom. The summed E-state index contributed by atoms with van der Waals surface area (Å²) in [6.45, 7) is 5.71. The molecule has 1 aliphatic rings. The van der Waals surface area contributed by atoms with E-state index in [1.165, 1.54) is 31.7 Å². The second kappa shape index (κ2) is 7.45. The fourth-order valence-electron chi connectivity index (χ4n) is 2.76. The van der Waals surface area contributed by atoms with Crippen LogP contribution in [0.2, 0.25) is 0 Å². The Hall–Kier alpha value is -1.40. The molecule has 0 bridgehead atoms. The van der Waals surface area contributed by atoms with Crippen molar-refractivity contribution in [1.82, 2.24) is 4.90 Å². The van der Waals surface area contributed by atoms with Crippen LogP contribution in [0.1, 0.15) is 38.7 Å². The SMILES string of the molecule is C[C@@H]1CCCCN1Cc1ccc(NC(=O)[C@@H](C)S(C)(=O)=O)cc1. The Bertz CT molecular complexity index is 640. The van der Waals surface area contributed by atoms with E-state index in [1.54, 1.807) is 0 Å². The maximum atomic E-state index is 11.9. The van der Waals surface area contributed by atoms with Gasteiger partial charge in [-0.1, -0.05) is 18.6 Å². The molecule has 1 aliphatic heterocycles. The molecular weight excluding hydrogens is 312 g/mol. The first-order chi connectivity index (χ1) is 10.8. The first kappa shape index (κ1) is 17.9. The number of hydrogen-bond acceptors (Lipinski definition) is 4. The van der Waals surface area contributed by atoms with Gasteiger partial charge in [-0.3, -0.25) is 9.69 Å². The third-order valence-corrected chi connectivity index (χ3v) is 6.06. The molecule has 2 atom stereocenters. The molecule has 0 radical (unpaired) electrons. The maximum Gasteiger partial charge on any atom is 0.242 e. The van der Waals surface area contributed by atoms with Gasteiger partial charge in [-0.15, -0.1) is 0 Å². The van der Waals surface area contributed by atoms with Crippen LogP contribution >= 0.6 is 0 Å². The zero-order chi connectivity index (χ0) is 17.0. The summed E-state index contributed by atoms with van der Waals surface area (Å²) < 4.78 is 22.8. The number of carbonyl (C=O) groups excluding carboxylic acids is 1. The second-order valence-electron chi connectivity index (χ2n) is 6.47. The van der Waals surface area contributed by atoms with Gasteiger partial charge in [0.25, 0.3) is 0 Å². The van der Waals surface area contributed by atoms with E-state index in [2.05, 4.69) is 17.1 Å². The summed E-state index contributed by atoms with van der Waals surface area (Å²) in [6, 6.07) is 8.25. The van der Waals surface area contributed by atoms with E-state index in [0.29, 0.717) is 11.7 Å². The third-order valence-electron chi connectivity index (χ3n) is 4.56. The first-order valence-electron chi connectivity index (χ1n) is 8.10. The van der Waals surface area contributed by atoms with Gasteiger partial charge < -0.3 is 5.32 Å². The molecule has 5 nitrogen and oxygen atoms in total. The van der Waals surface area contributed by atoms with E-state index in [4.69, 9.17) is 0 Å².